The fourth-order valence-corrected chi connectivity index (χ4v) is 3.27. The summed E-state index contributed by atoms with van der Waals surface area (Å²) in [6, 6.07) is 9.48. The number of alkyl halides is 3. The minimum absolute atomic E-state index is 0.0384. The maximum Gasteiger partial charge on any atom is 0.416 e. The molecule has 2 aromatic carbocycles. The van der Waals surface area contributed by atoms with E-state index in [9.17, 15) is 27.9 Å². The van der Waals surface area contributed by atoms with E-state index in [0.717, 1.165) is 12.1 Å². The number of benzene rings is 2. The number of halogens is 3. The van der Waals surface area contributed by atoms with Crippen LogP contribution in [0.5, 0.6) is 0 Å². The third-order valence-electron chi connectivity index (χ3n) is 4.61. The number of carbonyl (C=O) groups is 2. The minimum atomic E-state index is -4.46. The predicted octanol–water partition coefficient (Wildman–Crippen LogP) is 4.26. The molecule has 0 saturated heterocycles. The first-order chi connectivity index (χ1) is 16.0. The molecule has 1 aliphatic rings. The molecule has 0 bridgehead atoms. The summed E-state index contributed by atoms with van der Waals surface area (Å²) < 4.78 is 38.6. The summed E-state index contributed by atoms with van der Waals surface area (Å²) in [5.41, 5.74) is 0.923. The number of hydrazone groups is 1. The van der Waals surface area contributed by atoms with Gasteiger partial charge in [0.05, 0.1) is 12.1 Å². The lowest BCUT2D eigenvalue weighted by molar-refractivity contribution is -0.138. The molecule has 0 unspecified atom stereocenters. The van der Waals surface area contributed by atoms with Gasteiger partial charge in [-0.25, -0.2) is 0 Å². The monoisotopic (exact) mass is 473 g/mol. The zero-order valence-corrected chi connectivity index (χ0v) is 18.3. The molecule has 3 rings (SSSR count). The number of fused-ring (bicyclic) bond motifs is 1. The second kappa shape index (κ2) is 11.0. The van der Waals surface area contributed by atoms with Crippen LogP contribution >= 0.6 is 0 Å². The van der Waals surface area contributed by atoms with Crippen LogP contribution in [0.2, 0.25) is 0 Å². The molecule has 0 radical (unpaired) electrons. The summed E-state index contributed by atoms with van der Waals surface area (Å²) in [5.74, 6) is -0.237. The molecular formula is C24H22F3N3O4. The molecule has 34 heavy (non-hydrogen) atoms. The van der Waals surface area contributed by atoms with Crippen molar-refractivity contribution in [3.63, 3.8) is 0 Å². The molecule has 0 fully saturated rings. The molecule has 3 N–H and O–H groups in total. The normalized spacial score (nSPS) is 13.0. The Morgan fingerprint density at radius 3 is 2.32 bits per heavy atom. The number of carboxylic acid groups (broad SMARTS) is 1. The summed E-state index contributed by atoms with van der Waals surface area (Å²) in [6.45, 7) is 2.65. The van der Waals surface area contributed by atoms with Gasteiger partial charge >= 0.3 is 12.1 Å². The van der Waals surface area contributed by atoms with Gasteiger partial charge in [0.25, 0.3) is 5.91 Å². The summed E-state index contributed by atoms with van der Waals surface area (Å²) >= 11 is 0. The van der Waals surface area contributed by atoms with Crippen molar-refractivity contribution in [1.82, 2.24) is 10.3 Å². The Kier molecular flexibility index (Phi) is 8.45. The van der Waals surface area contributed by atoms with Crippen LogP contribution in [0.1, 0.15) is 30.5 Å². The van der Waals surface area contributed by atoms with E-state index in [-0.39, 0.29) is 12.2 Å². The average Bonchev–Trinajstić information content (AvgIpc) is 2.78. The van der Waals surface area contributed by atoms with Gasteiger partial charge in [-0.2, -0.15) is 18.3 Å². The molecule has 0 spiro atoms. The second-order valence-electron chi connectivity index (χ2n) is 6.90. The first kappa shape index (κ1) is 26.0. The Hall–Kier alpha value is -4.26. The van der Waals surface area contributed by atoms with Crippen LogP contribution in [0.25, 0.3) is 16.9 Å². The van der Waals surface area contributed by atoms with Gasteiger partial charge in [-0.3, -0.25) is 14.6 Å². The lowest BCUT2D eigenvalue weighted by atomic mass is 9.91. The fraction of sp³-hybridized carbons (Fsp3) is 0.208. The van der Waals surface area contributed by atoms with E-state index in [1.165, 1.54) is 23.4 Å². The van der Waals surface area contributed by atoms with Crippen LogP contribution in [-0.2, 0) is 22.3 Å². The summed E-state index contributed by atoms with van der Waals surface area (Å²) in [5, 5.41) is 27.0. The van der Waals surface area contributed by atoms with Gasteiger partial charge < -0.3 is 15.5 Å². The van der Waals surface area contributed by atoms with Crippen molar-refractivity contribution in [1.29, 1.82) is 0 Å². The number of aliphatic carboxylic acids is 1. The molecule has 2 aromatic rings. The Bertz CT molecular complexity index is 1160. The van der Waals surface area contributed by atoms with E-state index in [1.54, 1.807) is 32.0 Å². The molecule has 1 amide bonds. The van der Waals surface area contributed by atoms with Crippen LogP contribution in [0.4, 0.5) is 13.2 Å². The van der Waals surface area contributed by atoms with Gasteiger partial charge in [0.2, 0.25) is 0 Å². The summed E-state index contributed by atoms with van der Waals surface area (Å²) in [7, 11) is 0. The molecule has 0 aromatic heterocycles. The summed E-state index contributed by atoms with van der Waals surface area (Å²) in [6.07, 6.45) is 1.53. The number of nitrogens with zero attached hydrogens (tertiary/aromatic N) is 2. The Morgan fingerprint density at radius 1 is 1.21 bits per heavy atom. The Labute approximate surface area is 194 Å². The van der Waals surface area contributed by atoms with E-state index in [4.69, 9.17) is 5.11 Å². The molecule has 1 aliphatic heterocycles. The van der Waals surface area contributed by atoms with Gasteiger partial charge in [-0.1, -0.05) is 30.3 Å². The Balaban J connectivity index is 0.00000129. The van der Waals surface area contributed by atoms with Crippen molar-refractivity contribution in [2.24, 2.45) is 5.10 Å². The number of carbonyl (C=O) groups excluding carboxylic acids is 1. The molecule has 0 atom stereocenters. The van der Waals surface area contributed by atoms with E-state index in [1.807, 2.05) is 0 Å². The summed E-state index contributed by atoms with van der Waals surface area (Å²) in [4.78, 5) is 23.2. The number of hydrogen-bond donors (Lipinski definition) is 3. The van der Waals surface area contributed by atoms with Crippen LogP contribution < -0.4 is 5.32 Å². The maximum atomic E-state index is 12.9. The number of carboxylic acids is 1. The molecule has 0 aliphatic carbocycles. The number of hydrogen-bond acceptors (Lipinski definition) is 5. The lowest BCUT2D eigenvalue weighted by Gasteiger charge is -2.29. The third-order valence-corrected chi connectivity index (χ3v) is 4.61. The SMILES string of the molecule is C#CC.C/C=N\N1Cc2c(cccc2-c2ccc(C(F)(F)F)cc2)C(O)=C1C(=O)NCC(=O)O. The van der Waals surface area contributed by atoms with Crippen molar-refractivity contribution >= 4 is 23.9 Å². The highest BCUT2D eigenvalue weighted by atomic mass is 19.4. The number of terminal acetylenes is 1. The van der Waals surface area contributed by atoms with E-state index in [0.29, 0.717) is 22.3 Å². The van der Waals surface area contributed by atoms with Crippen molar-refractivity contribution < 1.29 is 33.0 Å². The molecule has 0 saturated carbocycles. The largest absolute Gasteiger partial charge is 0.505 e. The topological polar surface area (TPSA) is 102 Å². The zero-order valence-electron chi connectivity index (χ0n) is 18.3. The highest BCUT2D eigenvalue weighted by Crippen LogP contribution is 2.37. The molecule has 7 nitrogen and oxygen atoms in total. The number of aliphatic hydroxyl groups is 1. The van der Waals surface area contributed by atoms with Crippen molar-refractivity contribution in [2.75, 3.05) is 6.54 Å². The van der Waals surface area contributed by atoms with Gasteiger partial charge in [0.15, 0.2) is 11.5 Å². The van der Waals surface area contributed by atoms with Crippen molar-refractivity contribution in [3.05, 3.63) is 64.9 Å². The first-order valence-electron chi connectivity index (χ1n) is 9.91. The minimum Gasteiger partial charge on any atom is -0.505 e. The Morgan fingerprint density at radius 2 is 1.79 bits per heavy atom. The molecular weight excluding hydrogens is 451 g/mol. The predicted molar refractivity (Wildman–Crippen MR) is 121 cm³/mol. The van der Waals surface area contributed by atoms with Gasteiger partial charge in [0.1, 0.15) is 6.54 Å². The fourth-order valence-electron chi connectivity index (χ4n) is 3.27. The van der Waals surface area contributed by atoms with E-state index in [2.05, 4.69) is 22.8 Å². The maximum absolute atomic E-state index is 12.9. The average molecular weight is 473 g/mol. The van der Waals surface area contributed by atoms with Crippen molar-refractivity contribution in [3.8, 4) is 23.5 Å². The number of amides is 1. The van der Waals surface area contributed by atoms with Crippen LogP contribution in [0.3, 0.4) is 0 Å². The van der Waals surface area contributed by atoms with Crippen LogP contribution in [-0.4, -0.2) is 39.9 Å². The van der Waals surface area contributed by atoms with Gasteiger partial charge in [-0.15, -0.1) is 12.3 Å². The van der Waals surface area contributed by atoms with E-state index < -0.39 is 35.9 Å². The smallest absolute Gasteiger partial charge is 0.416 e. The van der Waals surface area contributed by atoms with Crippen molar-refractivity contribution in [2.45, 2.75) is 26.6 Å². The quantitative estimate of drug-likeness (QED) is 0.445. The number of rotatable bonds is 5. The molecule has 1 heterocycles. The lowest BCUT2D eigenvalue weighted by Crippen LogP contribution is -2.38. The zero-order chi connectivity index (χ0) is 25.5. The van der Waals surface area contributed by atoms with Crippen LogP contribution in [0, 0.1) is 12.3 Å². The molecule has 178 valence electrons. The first-order valence-corrected chi connectivity index (χ1v) is 9.91. The third kappa shape index (κ3) is 5.95. The number of aliphatic hydroxyl groups excluding tert-OH is 1. The number of nitrogens with one attached hydrogen (secondary N) is 1. The highest BCUT2D eigenvalue weighted by Gasteiger charge is 2.32. The highest BCUT2D eigenvalue weighted by molar-refractivity contribution is 6.01. The standard InChI is InChI=1S/C21H18F3N3O4.C3H4/c1-2-26-27-11-16-14(12-6-8-13(9-7-12)21(22,23)24)4-3-5-15(16)19(30)18(27)20(31)25-10-17(28)29;1-3-2/h2-9,30H,10-11H2,1H3,(H,25,31)(H,28,29);1H,2H3/b26-2-;. The second-order valence-corrected chi connectivity index (χ2v) is 6.90. The molecule has 10 heteroatoms. The van der Waals surface area contributed by atoms with Crippen LogP contribution in [0.15, 0.2) is 53.3 Å². The van der Waals surface area contributed by atoms with Gasteiger partial charge in [-0.05, 0) is 42.7 Å². The van der Waals surface area contributed by atoms with Gasteiger partial charge in [0, 0.05) is 11.8 Å². The van der Waals surface area contributed by atoms with E-state index >= 15 is 0 Å².